The molecule has 0 aliphatic rings. The molecule has 0 atom stereocenters. The summed E-state index contributed by atoms with van der Waals surface area (Å²) >= 11 is 2.41. The molecular formula is C24H21IN2. The van der Waals surface area contributed by atoms with E-state index in [1.54, 1.807) is 0 Å². The zero-order chi connectivity index (χ0) is 18.5. The van der Waals surface area contributed by atoms with Crippen LogP contribution in [0.5, 0.6) is 0 Å². The number of nitrogens with zero attached hydrogens (tertiary/aromatic N) is 2. The van der Waals surface area contributed by atoms with Crippen LogP contribution in [-0.2, 0) is 12.0 Å². The van der Waals surface area contributed by atoms with E-state index in [1.807, 2.05) is 6.33 Å². The molecule has 1 aromatic heterocycles. The highest BCUT2D eigenvalue weighted by Crippen LogP contribution is 2.40. The van der Waals surface area contributed by atoms with E-state index in [0.29, 0.717) is 0 Å². The number of rotatable bonds is 6. The number of imidazole rings is 1. The fraction of sp³-hybridized carbons (Fsp3) is 0.125. The molecule has 0 aliphatic heterocycles. The van der Waals surface area contributed by atoms with Crippen molar-refractivity contribution in [1.82, 2.24) is 9.55 Å². The second-order valence-corrected chi connectivity index (χ2v) is 7.60. The Balaban J connectivity index is 2.06. The lowest BCUT2D eigenvalue weighted by Gasteiger charge is -2.37. The maximum absolute atomic E-state index is 4.71. The smallest absolute Gasteiger partial charge is 0.121 e. The lowest BCUT2D eigenvalue weighted by molar-refractivity contribution is 0.514. The lowest BCUT2D eigenvalue weighted by Crippen LogP contribution is -2.36. The maximum Gasteiger partial charge on any atom is 0.121 e. The first-order chi connectivity index (χ1) is 13.4. The van der Waals surface area contributed by atoms with Crippen LogP contribution in [0.25, 0.3) is 0 Å². The summed E-state index contributed by atoms with van der Waals surface area (Å²) in [7, 11) is 0. The summed E-state index contributed by atoms with van der Waals surface area (Å²) in [5.74, 6) is 0. The van der Waals surface area contributed by atoms with E-state index in [2.05, 4.69) is 124 Å². The third kappa shape index (κ3) is 3.32. The molecule has 4 rings (SSSR count). The first kappa shape index (κ1) is 18.0. The van der Waals surface area contributed by atoms with Gasteiger partial charge in [0.25, 0.3) is 0 Å². The molecule has 0 N–H and O–H groups in total. The van der Waals surface area contributed by atoms with Gasteiger partial charge in [0.2, 0.25) is 0 Å². The van der Waals surface area contributed by atoms with Crippen molar-refractivity contribution in [2.24, 2.45) is 0 Å². The Morgan fingerprint density at radius 3 is 1.56 bits per heavy atom. The number of aromatic nitrogens is 2. The van der Waals surface area contributed by atoms with Gasteiger partial charge in [-0.3, -0.25) is 0 Å². The SMILES string of the molecule is ICCc1cn(C(c2ccccc2)(c2ccccc2)c2ccccc2)cn1. The third-order valence-corrected chi connectivity index (χ3v) is 5.49. The van der Waals surface area contributed by atoms with Gasteiger partial charge in [0.1, 0.15) is 5.54 Å². The Hall–Kier alpha value is -2.40. The zero-order valence-corrected chi connectivity index (χ0v) is 17.2. The van der Waals surface area contributed by atoms with Crippen LogP contribution in [0.1, 0.15) is 22.4 Å². The molecule has 2 nitrogen and oxygen atoms in total. The molecule has 0 unspecified atom stereocenters. The molecule has 0 amide bonds. The van der Waals surface area contributed by atoms with Gasteiger partial charge in [-0.25, -0.2) is 4.98 Å². The van der Waals surface area contributed by atoms with Crippen molar-refractivity contribution in [3.8, 4) is 0 Å². The molecule has 0 bridgehead atoms. The summed E-state index contributed by atoms with van der Waals surface area (Å²) in [5.41, 5.74) is 4.33. The molecule has 0 aliphatic carbocycles. The minimum atomic E-state index is -0.458. The van der Waals surface area contributed by atoms with Crippen molar-refractivity contribution in [3.05, 3.63) is 126 Å². The molecular weight excluding hydrogens is 443 g/mol. The van der Waals surface area contributed by atoms with Crippen molar-refractivity contribution < 1.29 is 0 Å². The quantitative estimate of drug-likeness (QED) is 0.203. The summed E-state index contributed by atoms with van der Waals surface area (Å²) in [6.45, 7) is 0. The van der Waals surface area contributed by atoms with Crippen LogP contribution >= 0.6 is 22.6 Å². The first-order valence-corrected chi connectivity index (χ1v) is 10.6. The van der Waals surface area contributed by atoms with Gasteiger partial charge in [0, 0.05) is 17.0 Å². The second-order valence-electron chi connectivity index (χ2n) is 6.52. The van der Waals surface area contributed by atoms with Crippen LogP contribution in [0.2, 0.25) is 0 Å². The van der Waals surface area contributed by atoms with Crippen molar-refractivity contribution >= 4 is 22.6 Å². The van der Waals surface area contributed by atoms with Crippen LogP contribution in [-0.4, -0.2) is 14.0 Å². The molecule has 3 aromatic carbocycles. The van der Waals surface area contributed by atoms with E-state index in [-0.39, 0.29) is 0 Å². The van der Waals surface area contributed by atoms with Gasteiger partial charge in [0.15, 0.2) is 0 Å². The summed E-state index contributed by atoms with van der Waals surface area (Å²) < 4.78 is 3.33. The Morgan fingerprint density at radius 2 is 1.15 bits per heavy atom. The van der Waals surface area contributed by atoms with E-state index >= 15 is 0 Å². The van der Waals surface area contributed by atoms with Crippen LogP contribution in [0.3, 0.4) is 0 Å². The highest BCUT2D eigenvalue weighted by molar-refractivity contribution is 14.1. The van der Waals surface area contributed by atoms with Gasteiger partial charge in [-0.2, -0.15) is 0 Å². The number of hydrogen-bond donors (Lipinski definition) is 0. The van der Waals surface area contributed by atoms with Crippen molar-refractivity contribution in [2.45, 2.75) is 12.0 Å². The molecule has 27 heavy (non-hydrogen) atoms. The average Bonchev–Trinajstić information content (AvgIpc) is 3.20. The topological polar surface area (TPSA) is 17.8 Å². The van der Waals surface area contributed by atoms with Gasteiger partial charge in [0.05, 0.1) is 12.0 Å². The molecule has 1 heterocycles. The van der Waals surface area contributed by atoms with Crippen LogP contribution in [0.15, 0.2) is 104 Å². The number of hydrogen-bond acceptors (Lipinski definition) is 1. The number of alkyl halides is 1. The van der Waals surface area contributed by atoms with E-state index in [1.165, 1.54) is 16.7 Å². The molecule has 3 heteroatoms. The monoisotopic (exact) mass is 464 g/mol. The Kier molecular flexibility index (Phi) is 5.39. The van der Waals surface area contributed by atoms with Crippen molar-refractivity contribution in [2.75, 3.05) is 4.43 Å². The third-order valence-electron chi connectivity index (χ3n) is 4.95. The number of aryl methyl sites for hydroxylation is 1. The van der Waals surface area contributed by atoms with E-state index in [9.17, 15) is 0 Å². The molecule has 0 saturated carbocycles. The number of benzene rings is 3. The second kappa shape index (κ2) is 8.09. The Labute approximate surface area is 174 Å². The fourth-order valence-corrected chi connectivity index (χ4v) is 4.31. The van der Waals surface area contributed by atoms with Crippen LogP contribution < -0.4 is 0 Å². The molecule has 0 fully saturated rings. The van der Waals surface area contributed by atoms with Gasteiger partial charge < -0.3 is 4.57 Å². The predicted octanol–water partition coefficient (Wildman–Crippen LogP) is 5.70. The van der Waals surface area contributed by atoms with E-state index < -0.39 is 5.54 Å². The molecule has 0 saturated heterocycles. The van der Waals surface area contributed by atoms with E-state index in [0.717, 1.165) is 16.5 Å². The molecule has 0 radical (unpaired) electrons. The number of halogens is 1. The van der Waals surface area contributed by atoms with Gasteiger partial charge >= 0.3 is 0 Å². The summed E-state index contributed by atoms with van der Waals surface area (Å²) in [4.78, 5) is 4.71. The minimum absolute atomic E-state index is 0.458. The molecule has 4 aromatic rings. The molecule has 134 valence electrons. The van der Waals surface area contributed by atoms with Gasteiger partial charge in [-0.05, 0) is 16.7 Å². The summed E-state index contributed by atoms with van der Waals surface area (Å²) in [6.07, 6.45) is 5.16. The average molecular weight is 464 g/mol. The van der Waals surface area contributed by atoms with Gasteiger partial charge in [-0.15, -0.1) is 0 Å². The van der Waals surface area contributed by atoms with Crippen molar-refractivity contribution in [1.29, 1.82) is 0 Å². The standard InChI is InChI=1S/C24H21IN2/c25-17-16-23-18-27(19-26-23)24(20-10-4-1-5-11-20,21-12-6-2-7-13-21)22-14-8-3-9-15-22/h1-15,18-19H,16-17H2. The normalized spacial score (nSPS) is 11.4. The lowest BCUT2D eigenvalue weighted by atomic mass is 9.77. The largest absolute Gasteiger partial charge is 0.319 e. The van der Waals surface area contributed by atoms with E-state index in [4.69, 9.17) is 4.98 Å². The van der Waals surface area contributed by atoms with Crippen LogP contribution in [0.4, 0.5) is 0 Å². The minimum Gasteiger partial charge on any atom is -0.319 e. The highest BCUT2D eigenvalue weighted by Gasteiger charge is 2.38. The Morgan fingerprint density at radius 1 is 0.704 bits per heavy atom. The fourth-order valence-electron chi connectivity index (χ4n) is 3.76. The Bertz CT molecular complexity index is 882. The first-order valence-electron chi connectivity index (χ1n) is 9.11. The highest BCUT2D eigenvalue weighted by atomic mass is 127. The summed E-state index contributed by atoms with van der Waals surface area (Å²) in [6, 6.07) is 32.1. The summed E-state index contributed by atoms with van der Waals surface area (Å²) in [5, 5.41) is 0. The predicted molar refractivity (Wildman–Crippen MR) is 119 cm³/mol. The molecule has 0 spiro atoms. The van der Waals surface area contributed by atoms with Crippen molar-refractivity contribution in [3.63, 3.8) is 0 Å². The van der Waals surface area contributed by atoms with Crippen LogP contribution in [0, 0.1) is 0 Å². The van der Waals surface area contributed by atoms with Gasteiger partial charge in [-0.1, -0.05) is 114 Å². The zero-order valence-electron chi connectivity index (χ0n) is 15.0. The maximum atomic E-state index is 4.71.